The first-order valence-corrected chi connectivity index (χ1v) is 9.44. The van der Waals surface area contributed by atoms with Crippen molar-refractivity contribution < 1.29 is 9.90 Å². The van der Waals surface area contributed by atoms with Crippen molar-refractivity contribution in [1.82, 2.24) is 19.3 Å². The van der Waals surface area contributed by atoms with Crippen molar-refractivity contribution in [1.29, 1.82) is 0 Å². The number of pyridine rings is 2. The Hall–Kier alpha value is -3.00. The molecule has 146 valence electrons. The van der Waals surface area contributed by atoms with Gasteiger partial charge in [-0.15, -0.1) is 0 Å². The largest absolute Gasteiger partial charge is 0.393 e. The Labute approximate surface area is 161 Å². The van der Waals surface area contributed by atoms with Crippen molar-refractivity contribution in [3.8, 4) is 0 Å². The Morgan fingerprint density at radius 2 is 2.04 bits per heavy atom. The van der Waals surface area contributed by atoms with E-state index in [-0.39, 0.29) is 23.1 Å². The van der Waals surface area contributed by atoms with Crippen LogP contribution in [0.3, 0.4) is 0 Å². The number of anilines is 1. The third-order valence-corrected chi connectivity index (χ3v) is 5.34. The molecule has 0 aliphatic heterocycles. The summed E-state index contributed by atoms with van der Waals surface area (Å²) in [6.07, 6.45) is 5.91. The quantitative estimate of drug-likeness (QED) is 0.724. The number of hydrogen-bond acceptors (Lipinski definition) is 5. The van der Waals surface area contributed by atoms with E-state index in [9.17, 15) is 14.7 Å². The first kappa shape index (κ1) is 18.4. The molecule has 1 saturated carbocycles. The molecule has 1 aliphatic rings. The topological polar surface area (TPSA) is 102 Å². The summed E-state index contributed by atoms with van der Waals surface area (Å²) in [5.74, 6) is 0.0591. The maximum atomic E-state index is 13.0. The number of rotatable bonds is 3. The van der Waals surface area contributed by atoms with Gasteiger partial charge < -0.3 is 15.0 Å². The number of carbonyl (C=O) groups excluding carboxylic acids is 1. The van der Waals surface area contributed by atoms with Gasteiger partial charge in [-0.05, 0) is 44.7 Å². The van der Waals surface area contributed by atoms with Gasteiger partial charge in [0, 0.05) is 31.5 Å². The van der Waals surface area contributed by atoms with E-state index in [0.717, 1.165) is 18.5 Å². The average molecular weight is 381 g/mol. The molecule has 0 spiro atoms. The summed E-state index contributed by atoms with van der Waals surface area (Å²) in [6, 6.07) is 5.24. The highest BCUT2D eigenvalue weighted by Gasteiger charge is 2.24. The maximum Gasteiger partial charge on any atom is 0.262 e. The molecule has 28 heavy (non-hydrogen) atoms. The SMILES string of the molecule is Cc1cc(NC(=O)c2cn([C@H]3CC[C@H](O)CC3)c3ncccc3c2=O)n(C)n1. The van der Waals surface area contributed by atoms with Crippen LogP contribution in [0.4, 0.5) is 5.82 Å². The molecule has 2 N–H and O–H groups in total. The van der Waals surface area contributed by atoms with Crippen LogP contribution in [0.25, 0.3) is 11.0 Å². The van der Waals surface area contributed by atoms with Gasteiger partial charge >= 0.3 is 0 Å². The number of hydrogen-bond donors (Lipinski definition) is 2. The zero-order valence-electron chi connectivity index (χ0n) is 15.9. The fourth-order valence-corrected chi connectivity index (χ4v) is 3.87. The summed E-state index contributed by atoms with van der Waals surface area (Å²) < 4.78 is 3.49. The van der Waals surface area contributed by atoms with E-state index in [0.29, 0.717) is 29.7 Å². The summed E-state index contributed by atoms with van der Waals surface area (Å²) in [6.45, 7) is 1.84. The molecule has 0 radical (unpaired) electrons. The molecule has 8 heteroatoms. The summed E-state index contributed by atoms with van der Waals surface area (Å²) in [7, 11) is 1.73. The number of amides is 1. The summed E-state index contributed by atoms with van der Waals surface area (Å²) in [4.78, 5) is 30.3. The number of aliphatic hydroxyl groups excluding tert-OH is 1. The van der Waals surface area contributed by atoms with Gasteiger partial charge in [0.25, 0.3) is 5.91 Å². The highest BCUT2D eigenvalue weighted by atomic mass is 16.3. The number of aromatic nitrogens is 4. The van der Waals surface area contributed by atoms with Crippen molar-refractivity contribution >= 4 is 22.8 Å². The van der Waals surface area contributed by atoms with Crippen molar-refractivity contribution in [2.24, 2.45) is 7.05 Å². The molecule has 3 aromatic rings. The van der Waals surface area contributed by atoms with Crippen LogP contribution in [-0.2, 0) is 7.05 Å². The first-order chi connectivity index (χ1) is 13.4. The molecule has 1 aliphatic carbocycles. The molecular formula is C20H23N5O3. The molecule has 0 atom stereocenters. The molecule has 3 aromatic heterocycles. The van der Waals surface area contributed by atoms with Gasteiger partial charge in [0.1, 0.15) is 17.0 Å². The Morgan fingerprint density at radius 1 is 1.29 bits per heavy atom. The Morgan fingerprint density at radius 3 is 2.71 bits per heavy atom. The lowest BCUT2D eigenvalue weighted by Gasteiger charge is -2.28. The number of carbonyl (C=O) groups is 1. The van der Waals surface area contributed by atoms with Crippen LogP contribution in [0.15, 0.2) is 35.4 Å². The normalized spacial score (nSPS) is 19.7. The van der Waals surface area contributed by atoms with Gasteiger partial charge in [-0.3, -0.25) is 14.3 Å². The molecule has 0 aromatic carbocycles. The van der Waals surface area contributed by atoms with E-state index < -0.39 is 5.91 Å². The lowest BCUT2D eigenvalue weighted by atomic mass is 9.92. The lowest BCUT2D eigenvalue weighted by molar-refractivity contribution is 0.102. The van der Waals surface area contributed by atoms with Crippen LogP contribution in [0, 0.1) is 6.92 Å². The van der Waals surface area contributed by atoms with E-state index in [1.54, 1.807) is 42.3 Å². The molecule has 1 amide bonds. The van der Waals surface area contributed by atoms with Crippen LogP contribution in [0.2, 0.25) is 0 Å². The van der Waals surface area contributed by atoms with Crippen molar-refractivity contribution in [3.63, 3.8) is 0 Å². The highest BCUT2D eigenvalue weighted by molar-refractivity contribution is 6.05. The predicted molar refractivity (Wildman–Crippen MR) is 105 cm³/mol. The van der Waals surface area contributed by atoms with Crippen molar-refractivity contribution in [2.75, 3.05) is 5.32 Å². The minimum absolute atomic E-state index is 0.0745. The zero-order valence-corrected chi connectivity index (χ0v) is 15.9. The van der Waals surface area contributed by atoms with E-state index >= 15 is 0 Å². The van der Waals surface area contributed by atoms with Crippen LogP contribution >= 0.6 is 0 Å². The summed E-state index contributed by atoms with van der Waals surface area (Å²) in [5.41, 5.74) is 1.08. The summed E-state index contributed by atoms with van der Waals surface area (Å²) >= 11 is 0. The maximum absolute atomic E-state index is 13.0. The second-order valence-corrected chi connectivity index (χ2v) is 7.36. The lowest BCUT2D eigenvalue weighted by Crippen LogP contribution is -2.28. The van der Waals surface area contributed by atoms with E-state index in [1.807, 2.05) is 11.5 Å². The van der Waals surface area contributed by atoms with Crippen LogP contribution in [-0.4, -0.2) is 36.4 Å². The van der Waals surface area contributed by atoms with Gasteiger partial charge in [0.2, 0.25) is 5.43 Å². The standard InChI is InChI=1S/C20H23N5O3/c1-12-10-17(24(2)23-12)22-20(28)16-11-25(13-5-7-14(26)8-6-13)19-15(18(16)27)4-3-9-21-19/h3-4,9-11,13-14,26H,5-8H2,1-2H3,(H,22,28)/t13-,14-. The molecule has 0 bridgehead atoms. The average Bonchev–Trinajstić information content (AvgIpc) is 3.00. The Balaban J connectivity index is 1.78. The van der Waals surface area contributed by atoms with Gasteiger partial charge in [0.15, 0.2) is 0 Å². The minimum atomic E-state index is -0.469. The zero-order chi connectivity index (χ0) is 19.8. The second-order valence-electron chi connectivity index (χ2n) is 7.36. The number of nitrogens with one attached hydrogen (secondary N) is 1. The number of fused-ring (bicyclic) bond motifs is 1. The van der Waals surface area contributed by atoms with Gasteiger partial charge in [-0.25, -0.2) is 4.98 Å². The number of nitrogens with zero attached hydrogens (tertiary/aromatic N) is 4. The summed E-state index contributed by atoms with van der Waals surface area (Å²) in [5, 5.41) is 17.2. The smallest absolute Gasteiger partial charge is 0.262 e. The van der Waals surface area contributed by atoms with Crippen molar-refractivity contribution in [2.45, 2.75) is 44.8 Å². The molecule has 3 heterocycles. The van der Waals surface area contributed by atoms with E-state index in [2.05, 4.69) is 15.4 Å². The molecule has 1 fully saturated rings. The monoisotopic (exact) mass is 381 g/mol. The fraction of sp³-hybridized carbons (Fsp3) is 0.400. The fourth-order valence-electron chi connectivity index (χ4n) is 3.87. The van der Waals surface area contributed by atoms with Crippen LogP contribution < -0.4 is 10.7 Å². The van der Waals surface area contributed by atoms with E-state index in [4.69, 9.17) is 0 Å². The minimum Gasteiger partial charge on any atom is -0.393 e. The molecule has 0 unspecified atom stereocenters. The van der Waals surface area contributed by atoms with Gasteiger partial charge in [0.05, 0.1) is 17.2 Å². The molecular weight excluding hydrogens is 358 g/mol. The Bertz CT molecular complexity index is 1090. The predicted octanol–water partition coefficient (Wildman–Crippen LogP) is 2.17. The highest BCUT2D eigenvalue weighted by Crippen LogP contribution is 2.30. The van der Waals surface area contributed by atoms with Crippen LogP contribution in [0.1, 0.15) is 47.8 Å². The molecule has 4 rings (SSSR count). The van der Waals surface area contributed by atoms with Gasteiger partial charge in [-0.2, -0.15) is 5.10 Å². The van der Waals surface area contributed by atoms with Gasteiger partial charge in [-0.1, -0.05) is 0 Å². The molecule has 8 nitrogen and oxygen atoms in total. The third kappa shape index (κ3) is 3.31. The van der Waals surface area contributed by atoms with Crippen molar-refractivity contribution in [3.05, 3.63) is 52.1 Å². The Kier molecular flexibility index (Phi) is 4.72. The third-order valence-electron chi connectivity index (χ3n) is 5.34. The second kappa shape index (κ2) is 7.20. The number of aliphatic hydroxyl groups is 1. The van der Waals surface area contributed by atoms with Crippen LogP contribution in [0.5, 0.6) is 0 Å². The first-order valence-electron chi connectivity index (χ1n) is 9.44. The molecule has 0 saturated heterocycles. The van der Waals surface area contributed by atoms with E-state index in [1.165, 1.54) is 0 Å². The number of aryl methyl sites for hydroxylation is 2.